The highest BCUT2D eigenvalue weighted by Gasteiger charge is 2.21. The van der Waals surface area contributed by atoms with Gasteiger partial charge in [-0.2, -0.15) is 0 Å². The third kappa shape index (κ3) is 4.23. The molecule has 7 heteroatoms. The average molecular weight is 358 g/mol. The van der Waals surface area contributed by atoms with E-state index in [4.69, 9.17) is 10.5 Å². The van der Waals surface area contributed by atoms with E-state index in [1.807, 2.05) is 15.9 Å². The number of hydrogen-bond acceptors (Lipinski definition) is 5. The van der Waals surface area contributed by atoms with Gasteiger partial charge in [-0.05, 0) is 30.3 Å². The molecule has 0 radical (unpaired) electrons. The molecule has 1 heterocycles. The molecule has 0 aromatic heterocycles. The van der Waals surface area contributed by atoms with Crippen molar-refractivity contribution in [1.82, 2.24) is 4.90 Å². The van der Waals surface area contributed by atoms with Crippen LogP contribution in [0.1, 0.15) is 0 Å². The van der Waals surface area contributed by atoms with Crippen molar-refractivity contribution in [2.24, 2.45) is 0 Å². The molecular formula is C19H23FN4O2. The number of para-hydroxylation sites is 1. The summed E-state index contributed by atoms with van der Waals surface area (Å²) < 4.78 is 19.1. The fourth-order valence-corrected chi connectivity index (χ4v) is 3.07. The van der Waals surface area contributed by atoms with Gasteiger partial charge in [0.05, 0.1) is 25.0 Å². The van der Waals surface area contributed by atoms with Crippen LogP contribution in [0.4, 0.5) is 21.5 Å². The molecule has 3 rings (SSSR count). The predicted molar refractivity (Wildman–Crippen MR) is 101 cm³/mol. The minimum absolute atomic E-state index is 0.131. The van der Waals surface area contributed by atoms with E-state index < -0.39 is 0 Å². The lowest BCUT2D eigenvalue weighted by atomic mass is 10.2. The van der Waals surface area contributed by atoms with Crippen LogP contribution in [0, 0.1) is 5.82 Å². The molecule has 6 nitrogen and oxygen atoms in total. The first-order valence-corrected chi connectivity index (χ1v) is 8.52. The Morgan fingerprint density at radius 3 is 2.62 bits per heavy atom. The Morgan fingerprint density at radius 1 is 1.19 bits per heavy atom. The van der Waals surface area contributed by atoms with Gasteiger partial charge in [0.1, 0.15) is 11.6 Å². The summed E-state index contributed by atoms with van der Waals surface area (Å²) in [6.07, 6.45) is 0. The monoisotopic (exact) mass is 358 g/mol. The number of hydrogen-bond donors (Lipinski definition) is 2. The number of anilines is 3. The van der Waals surface area contributed by atoms with Gasteiger partial charge in [-0.1, -0.05) is 12.1 Å². The minimum atomic E-state index is -0.215. The summed E-state index contributed by atoms with van der Waals surface area (Å²) in [5.41, 5.74) is 7.50. The maximum Gasteiger partial charge on any atom is 0.238 e. The molecule has 1 amide bonds. The standard InChI is InChI=1S/C19H23FN4O2/c1-26-18-7-6-14(21)12-16(18)22-19(25)13-23-8-10-24(11-9-23)17-5-3-2-4-15(17)20/h2-7,12H,8-11,13,21H2,1H3,(H,22,25). The number of nitrogen functional groups attached to an aromatic ring is 1. The summed E-state index contributed by atoms with van der Waals surface area (Å²) in [6.45, 7) is 3.00. The summed E-state index contributed by atoms with van der Waals surface area (Å²) in [5, 5.41) is 2.84. The molecule has 0 atom stereocenters. The van der Waals surface area contributed by atoms with Crippen LogP contribution in [0.15, 0.2) is 42.5 Å². The number of benzene rings is 2. The van der Waals surface area contributed by atoms with Gasteiger partial charge in [0, 0.05) is 31.9 Å². The van der Waals surface area contributed by atoms with Crippen molar-refractivity contribution in [3.8, 4) is 5.75 Å². The molecular weight excluding hydrogens is 335 g/mol. The topological polar surface area (TPSA) is 70.8 Å². The zero-order valence-electron chi connectivity index (χ0n) is 14.7. The van der Waals surface area contributed by atoms with E-state index in [0.29, 0.717) is 49.0 Å². The molecule has 2 aromatic rings. The molecule has 1 aliphatic heterocycles. The highest BCUT2D eigenvalue weighted by molar-refractivity contribution is 5.94. The molecule has 1 saturated heterocycles. The van der Waals surface area contributed by atoms with E-state index in [1.54, 1.807) is 37.4 Å². The Bertz CT molecular complexity index is 776. The summed E-state index contributed by atoms with van der Waals surface area (Å²) in [4.78, 5) is 16.4. The number of piperazine rings is 1. The molecule has 0 bridgehead atoms. The first-order chi connectivity index (χ1) is 12.6. The second kappa shape index (κ2) is 8.05. The van der Waals surface area contributed by atoms with Crippen molar-refractivity contribution < 1.29 is 13.9 Å². The van der Waals surface area contributed by atoms with E-state index in [9.17, 15) is 9.18 Å². The van der Waals surface area contributed by atoms with E-state index in [2.05, 4.69) is 5.32 Å². The third-order valence-electron chi connectivity index (χ3n) is 4.43. The molecule has 1 fully saturated rings. The van der Waals surface area contributed by atoms with Crippen LogP contribution in [0.3, 0.4) is 0 Å². The Kier molecular flexibility index (Phi) is 5.58. The largest absolute Gasteiger partial charge is 0.495 e. The van der Waals surface area contributed by atoms with E-state index >= 15 is 0 Å². The number of rotatable bonds is 5. The van der Waals surface area contributed by atoms with Gasteiger partial charge in [-0.25, -0.2) is 4.39 Å². The molecule has 0 saturated carbocycles. The predicted octanol–water partition coefficient (Wildman–Crippen LogP) is 2.18. The van der Waals surface area contributed by atoms with Gasteiger partial charge in [-0.15, -0.1) is 0 Å². The van der Waals surface area contributed by atoms with Gasteiger partial charge in [0.25, 0.3) is 0 Å². The number of carbonyl (C=O) groups is 1. The Balaban J connectivity index is 1.54. The number of nitrogens with two attached hydrogens (primary N) is 1. The summed E-state index contributed by atoms with van der Waals surface area (Å²) in [5.74, 6) is 0.220. The Labute approximate surface area is 152 Å². The fourth-order valence-electron chi connectivity index (χ4n) is 3.07. The van der Waals surface area contributed by atoms with Crippen LogP contribution < -0.4 is 20.7 Å². The molecule has 0 aliphatic carbocycles. The van der Waals surface area contributed by atoms with E-state index in [1.165, 1.54) is 6.07 Å². The third-order valence-corrected chi connectivity index (χ3v) is 4.43. The van der Waals surface area contributed by atoms with Crippen LogP contribution in [-0.2, 0) is 4.79 Å². The molecule has 3 N–H and O–H groups in total. The first-order valence-electron chi connectivity index (χ1n) is 8.52. The Hall–Kier alpha value is -2.80. The number of halogens is 1. The summed E-state index contributed by atoms with van der Waals surface area (Å²) in [6, 6.07) is 11.9. The second-order valence-electron chi connectivity index (χ2n) is 6.22. The summed E-state index contributed by atoms with van der Waals surface area (Å²) in [7, 11) is 1.54. The highest BCUT2D eigenvalue weighted by Crippen LogP contribution is 2.26. The van der Waals surface area contributed by atoms with Crippen LogP contribution >= 0.6 is 0 Å². The van der Waals surface area contributed by atoms with E-state index in [-0.39, 0.29) is 18.3 Å². The SMILES string of the molecule is COc1ccc(N)cc1NC(=O)CN1CCN(c2ccccc2F)CC1. The van der Waals surface area contributed by atoms with Gasteiger partial charge in [0.15, 0.2) is 0 Å². The normalized spacial score (nSPS) is 14.9. The van der Waals surface area contributed by atoms with Crippen molar-refractivity contribution in [2.75, 3.05) is 55.8 Å². The smallest absolute Gasteiger partial charge is 0.238 e. The quantitative estimate of drug-likeness (QED) is 0.802. The van der Waals surface area contributed by atoms with Crippen molar-refractivity contribution >= 4 is 23.0 Å². The lowest BCUT2D eigenvalue weighted by molar-refractivity contribution is -0.117. The van der Waals surface area contributed by atoms with Crippen LogP contribution in [0.25, 0.3) is 0 Å². The van der Waals surface area contributed by atoms with Gasteiger partial charge in [0.2, 0.25) is 5.91 Å². The maximum absolute atomic E-state index is 13.9. The van der Waals surface area contributed by atoms with Crippen molar-refractivity contribution in [1.29, 1.82) is 0 Å². The van der Waals surface area contributed by atoms with Crippen LogP contribution in [0.5, 0.6) is 5.75 Å². The summed E-state index contributed by atoms with van der Waals surface area (Å²) >= 11 is 0. The van der Waals surface area contributed by atoms with Crippen LogP contribution in [-0.4, -0.2) is 50.6 Å². The molecule has 1 aliphatic rings. The number of nitrogens with one attached hydrogen (secondary N) is 1. The number of carbonyl (C=O) groups excluding carboxylic acids is 1. The van der Waals surface area contributed by atoms with E-state index in [0.717, 1.165) is 0 Å². The van der Waals surface area contributed by atoms with Crippen molar-refractivity contribution in [3.63, 3.8) is 0 Å². The van der Waals surface area contributed by atoms with Gasteiger partial charge >= 0.3 is 0 Å². The number of amides is 1. The lowest BCUT2D eigenvalue weighted by Gasteiger charge is -2.35. The molecule has 0 spiro atoms. The lowest BCUT2D eigenvalue weighted by Crippen LogP contribution is -2.48. The minimum Gasteiger partial charge on any atom is -0.495 e. The fraction of sp³-hybridized carbons (Fsp3) is 0.316. The molecule has 0 unspecified atom stereocenters. The van der Waals surface area contributed by atoms with Crippen molar-refractivity contribution in [3.05, 3.63) is 48.3 Å². The Morgan fingerprint density at radius 2 is 1.92 bits per heavy atom. The zero-order chi connectivity index (χ0) is 18.5. The highest BCUT2D eigenvalue weighted by atomic mass is 19.1. The van der Waals surface area contributed by atoms with Crippen molar-refractivity contribution in [2.45, 2.75) is 0 Å². The maximum atomic E-state index is 13.9. The molecule has 138 valence electrons. The zero-order valence-corrected chi connectivity index (χ0v) is 14.7. The first kappa shape index (κ1) is 18.0. The van der Waals surface area contributed by atoms with Crippen LogP contribution in [0.2, 0.25) is 0 Å². The number of methoxy groups -OCH3 is 1. The number of ether oxygens (including phenoxy) is 1. The molecule has 26 heavy (non-hydrogen) atoms. The van der Waals surface area contributed by atoms with Gasteiger partial charge < -0.3 is 20.7 Å². The average Bonchev–Trinajstić information content (AvgIpc) is 2.63. The second-order valence-corrected chi connectivity index (χ2v) is 6.22. The van der Waals surface area contributed by atoms with Gasteiger partial charge in [-0.3, -0.25) is 9.69 Å². The molecule has 2 aromatic carbocycles. The number of nitrogens with zero attached hydrogens (tertiary/aromatic N) is 2.